The van der Waals surface area contributed by atoms with Crippen LogP contribution in [0.3, 0.4) is 0 Å². The Hall–Kier alpha value is -1.88. The number of hydrogen-bond donors (Lipinski definition) is 2. The van der Waals surface area contributed by atoms with E-state index in [1.165, 1.54) is 0 Å². The van der Waals surface area contributed by atoms with Gasteiger partial charge in [0, 0.05) is 19.6 Å². The van der Waals surface area contributed by atoms with E-state index in [2.05, 4.69) is 24.5 Å². The number of anilines is 1. The predicted octanol–water partition coefficient (Wildman–Crippen LogP) is 2.35. The van der Waals surface area contributed by atoms with Crippen molar-refractivity contribution in [1.29, 1.82) is 0 Å². The van der Waals surface area contributed by atoms with Crippen LogP contribution in [-0.2, 0) is 4.79 Å². The molecule has 0 aliphatic carbocycles. The van der Waals surface area contributed by atoms with E-state index in [0.29, 0.717) is 29.6 Å². The van der Waals surface area contributed by atoms with Gasteiger partial charge in [-0.1, -0.05) is 26.0 Å². The lowest BCUT2D eigenvalue weighted by Crippen LogP contribution is -2.42. The molecule has 2 fully saturated rings. The van der Waals surface area contributed by atoms with E-state index in [9.17, 15) is 9.59 Å². The summed E-state index contributed by atoms with van der Waals surface area (Å²) in [5.74, 6) is 1.05. The fourth-order valence-electron chi connectivity index (χ4n) is 3.89. The lowest BCUT2D eigenvalue weighted by atomic mass is 9.91. The summed E-state index contributed by atoms with van der Waals surface area (Å²) < 4.78 is 0. The Labute approximate surface area is 143 Å². The number of para-hydroxylation sites is 1. The van der Waals surface area contributed by atoms with E-state index in [1.54, 1.807) is 0 Å². The molecule has 2 saturated heterocycles. The van der Waals surface area contributed by atoms with E-state index in [0.717, 1.165) is 32.5 Å². The Kier molecular flexibility index (Phi) is 5.19. The zero-order valence-corrected chi connectivity index (χ0v) is 14.5. The molecule has 2 aliphatic rings. The molecule has 2 heterocycles. The zero-order valence-electron chi connectivity index (χ0n) is 14.5. The van der Waals surface area contributed by atoms with Crippen molar-refractivity contribution in [2.24, 2.45) is 17.8 Å². The van der Waals surface area contributed by atoms with Crippen LogP contribution in [0.25, 0.3) is 0 Å². The maximum atomic E-state index is 13.0. The van der Waals surface area contributed by atoms with Crippen LogP contribution in [0.15, 0.2) is 24.3 Å². The lowest BCUT2D eigenvalue weighted by Gasteiger charge is -2.35. The minimum absolute atomic E-state index is 0.000584. The van der Waals surface area contributed by atoms with Crippen LogP contribution in [0.1, 0.15) is 37.0 Å². The van der Waals surface area contributed by atoms with Crippen LogP contribution in [0.2, 0.25) is 0 Å². The third kappa shape index (κ3) is 3.78. The Morgan fingerprint density at radius 1 is 1.17 bits per heavy atom. The predicted molar refractivity (Wildman–Crippen MR) is 94.9 cm³/mol. The second-order valence-corrected chi connectivity index (χ2v) is 7.38. The Balaban J connectivity index is 1.75. The molecule has 0 radical (unpaired) electrons. The Bertz CT molecular complexity index is 600. The number of carbonyl (C=O) groups excluding carboxylic acids is 2. The molecule has 3 rings (SSSR count). The van der Waals surface area contributed by atoms with Crippen molar-refractivity contribution in [2.45, 2.75) is 26.7 Å². The number of nitrogens with zero attached hydrogens (tertiary/aromatic N) is 1. The van der Waals surface area contributed by atoms with Crippen LogP contribution in [-0.4, -0.2) is 42.9 Å². The number of carbonyl (C=O) groups is 2. The first kappa shape index (κ1) is 17.0. The highest BCUT2D eigenvalue weighted by molar-refractivity contribution is 6.04. The van der Waals surface area contributed by atoms with Gasteiger partial charge >= 0.3 is 0 Å². The summed E-state index contributed by atoms with van der Waals surface area (Å²) in [6.45, 7) is 7.55. The highest BCUT2D eigenvalue weighted by Gasteiger charge is 2.28. The number of likely N-dealkylation sites (tertiary alicyclic amines) is 1. The number of amides is 2. The van der Waals surface area contributed by atoms with Gasteiger partial charge in [0.05, 0.1) is 17.2 Å². The van der Waals surface area contributed by atoms with Gasteiger partial charge in [0.15, 0.2) is 0 Å². The normalized spacial score (nSPS) is 27.1. The largest absolute Gasteiger partial charge is 0.338 e. The van der Waals surface area contributed by atoms with Gasteiger partial charge in [0.2, 0.25) is 5.91 Å². The smallest absolute Gasteiger partial charge is 0.255 e. The molecule has 0 saturated carbocycles. The van der Waals surface area contributed by atoms with Crippen molar-refractivity contribution >= 4 is 17.5 Å². The van der Waals surface area contributed by atoms with Crippen molar-refractivity contribution < 1.29 is 9.59 Å². The maximum absolute atomic E-state index is 13.0. The van der Waals surface area contributed by atoms with Crippen molar-refractivity contribution in [3.8, 4) is 0 Å². The van der Waals surface area contributed by atoms with E-state index in [4.69, 9.17) is 0 Å². The van der Waals surface area contributed by atoms with Gasteiger partial charge < -0.3 is 15.5 Å². The van der Waals surface area contributed by atoms with Gasteiger partial charge in [-0.25, -0.2) is 0 Å². The number of hydrogen-bond acceptors (Lipinski definition) is 3. The van der Waals surface area contributed by atoms with Crippen molar-refractivity contribution in [3.63, 3.8) is 0 Å². The quantitative estimate of drug-likeness (QED) is 0.895. The van der Waals surface area contributed by atoms with Gasteiger partial charge in [0.1, 0.15) is 0 Å². The molecular formula is C19H27N3O2. The van der Waals surface area contributed by atoms with E-state index in [-0.39, 0.29) is 17.7 Å². The number of nitrogens with one attached hydrogen (secondary N) is 2. The molecule has 3 unspecified atom stereocenters. The van der Waals surface area contributed by atoms with Crippen LogP contribution in [0, 0.1) is 17.8 Å². The molecule has 2 N–H and O–H groups in total. The van der Waals surface area contributed by atoms with Crippen LogP contribution >= 0.6 is 0 Å². The standard InChI is InChI=1S/C19H27N3O2/c1-13-9-14(2)12-22(11-13)19(24)16-5-3-4-6-17(16)21-18(23)15-7-8-20-10-15/h3-6,13-15,20H,7-12H2,1-2H3,(H,21,23). The Morgan fingerprint density at radius 2 is 1.88 bits per heavy atom. The molecule has 130 valence electrons. The molecule has 0 spiro atoms. The molecule has 2 aliphatic heterocycles. The summed E-state index contributed by atoms with van der Waals surface area (Å²) in [4.78, 5) is 27.3. The molecule has 24 heavy (non-hydrogen) atoms. The summed E-state index contributed by atoms with van der Waals surface area (Å²) in [6.07, 6.45) is 2.01. The highest BCUT2D eigenvalue weighted by Crippen LogP contribution is 2.25. The minimum Gasteiger partial charge on any atom is -0.338 e. The second-order valence-electron chi connectivity index (χ2n) is 7.38. The highest BCUT2D eigenvalue weighted by atomic mass is 16.2. The third-order valence-electron chi connectivity index (χ3n) is 5.00. The van der Waals surface area contributed by atoms with Gasteiger partial charge in [-0.2, -0.15) is 0 Å². The molecule has 5 heteroatoms. The average Bonchev–Trinajstić information content (AvgIpc) is 3.08. The third-order valence-corrected chi connectivity index (χ3v) is 5.00. The molecule has 1 aromatic carbocycles. The maximum Gasteiger partial charge on any atom is 0.255 e. The zero-order chi connectivity index (χ0) is 17.1. The molecule has 5 nitrogen and oxygen atoms in total. The first-order chi connectivity index (χ1) is 11.5. The minimum atomic E-state index is -0.0109. The van der Waals surface area contributed by atoms with Crippen LogP contribution in [0.5, 0.6) is 0 Å². The molecular weight excluding hydrogens is 302 g/mol. The van der Waals surface area contributed by atoms with Gasteiger partial charge in [-0.15, -0.1) is 0 Å². The molecule has 3 atom stereocenters. The van der Waals surface area contributed by atoms with Gasteiger partial charge in [-0.05, 0) is 43.4 Å². The van der Waals surface area contributed by atoms with Crippen molar-refractivity contribution in [2.75, 3.05) is 31.5 Å². The second kappa shape index (κ2) is 7.34. The molecule has 1 aromatic rings. The topological polar surface area (TPSA) is 61.4 Å². The monoisotopic (exact) mass is 329 g/mol. The SMILES string of the molecule is CC1CC(C)CN(C(=O)c2ccccc2NC(=O)C2CCNC2)C1. The van der Waals surface area contributed by atoms with Crippen molar-refractivity contribution in [3.05, 3.63) is 29.8 Å². The first-order valence-electron chi connectivity index (χ1n) is 8.94. The number of piperidine rings is 1. The fourth-order valence-corrected chi connectivity index (χ4v) is 3.89. The Morgan fingerprint density at radius 3 is 2.54 bits per heavy atom. The van der Waals surface area contributed by atoms with Gasteiger partial charge in [-0.3, -0.25) is 9.59 Å². The number of benzene rings is 1. The summed E-state index contributed by atoms with van der Waals surface area (Å²) in [7, 11) is 0. The van der Waals surface area contributed by atoms with Crippen molar-refractivity contribution in [1.82, 2.24) is 10.2 Å². The summed E-state index contributed by atoms with van der Waals surface area (Å²) in [5.41, 5.74) is 1.23. The first-order valence-corrected chi connectivity index (χ1v) is 8.94. The molecule has 0 aromatic heterocycles. The van der Waals surface area contributed by atoms with E-state index < -0.39 is 0 Å². The fraction of sp³-hybridized carbons (Fsp3) is 0.579. The van der Waals surface area contributed by atoms with Crippen LogP contribution in [0.4, 0.5) is 5.69 Å². The summed E-state index contributed by atoms with van der Waals surface area (Å²) in [5, 5.41) is 6.17. The summed E-state index contributed by atoms with van der Waals surface area (Å²) in [6, 6.07) is 7.36. The summed E-state index contributed by atoms with van der Waals surface area (Å²) >= 11 is 0. The number of rotatable bonds is 3. The molecule has 2 amide bonds. The molecule has 0 bridgehead atoms. The van der Waals surface area contributed by atoms with E-state index >= 15 is 0 Å². The van der Waals surface area contributed by atoms with E-state index in [1.807, 2.05) is 29.2 Å². The van der Waals surface area contributed by atoms with Crippen LogP contribution < -0.4 is 10.6 Å². The van der Waals surface area contributed by atoms with Gasteiger partial charge in [0.25, 0.3) is 5.91 Å². The lowest BCUT2D eigenvalue weighted by molar-refractivity contribution is -0.119. The average molecular weight is 329 g/mol.